The summed E-state index contributed by atoms with van der Waals surface area (Å²) in [7, 11) is 0. The molecule has 4 nitrogen and oxygen atoms in total. The number of ether oxygens (including phenoxy) is 2. The van der Waals surface area contributed by atoms with Gasteiger partial charge in [0.1, 0.15) is 0 Å². The smallest absolute Gasteiger partial charge is 0.310 e. The Labute approximate surface area is 120 Å². The summed E-state index contributed by atoms with van der Waals surface area (Å²) < 4.78 is 11.1. The van der Waals surface area contributed by atoms with Gasteiger partial charge in [-0.3, -0.25) is 4.79 Å². The summed E-state index contributed by atoms with van der Waals surface area (Å²) in [6, 6.07) is 7.48. The van der Waals surface area contributed by atoms with Crippen LogP contribution in [0.3, 0.4) is 0 Å². The zero-order valence-corrected chi connectivity index (χ0v) is 12.7. The van der Waals surface area contributed by atoms with Crippen LogP contribution in [-0.4, -0.2) is 29.9 Å². The molecule has 1 aromatic rings. The first-order valence-corrected chi connectivity index (χ1v) is 6.83. The first-order valence-electron chi connectivity index (χ1n) is 6.83. The molecule has 1 atom stereocenters. The van der Waals surface area contributed by atoms with E-state index in [1.807, 2.05) is 45.0 Å². The van der Waals surface area contributed by atoms with Gasteiger partial charge in [0, 0.05) is 0 Å². The van der Waals surface area contributed by atoms with E-state index >= 15 is 0 Å². The van der Waals surface area contributed by atoms with Gasteiger partial charge in [-0.2, -0.15) is 0 Å². The van der Waals surface area contributed by atoms with Gasteiger partial charge in [0.15, 0.2) is 0 Å². The minimum absolute atomic E-state index is 0.141. The van der Waals surface area contributed by atoms with E-state index in [-0.39, 0.29) is 5.60 Å². The third-order valence-corrected chi connectivity index (χ3v) is 2.88. The maximum atomic E-state index is 10.9. The van der Waals surface area contributed by atoms with E-state index in [4.69, 9.17) is 14.6 Å². The molecule has 0 heterocycles. The van der Waals surface area contributed by atoms with Crippen LogP contribution in [-0.2, 0) is 20.9 Å². The second kappa shape index (κ2) is 7.41. The number of benzene rings is 1. The number of rotatable bonds is 7. The molecular weight excluding hydrogens is 256 g/mol. The molecule has 0 aromatic heterocycles. The van der Waals surface area contributed by atoms with Crippen molar-refractivity contribution in [1.29, 1.82) is 0 Å². The van der Waals surface area contributed by atoms with Gasteiger partial charge in [0.2, 0.25) is 0 Å². The zero-order valence-electron chi connectivity index (χ0n) is 12.7. The molecule has 0 saturated carbocycles. The number of carboxylic acids is 1. The van der Waals surface area contributed by atoms with Crippen LogP contribution in [0.5, 0.6) is 0 Å². The maximum absolute atomic E-state index is 10.9. The van der Waals surface area contributed by atoms with Crippen LogP contribution in [0.25, 0.3) is 0 Å². The minimum Gasteiger partial charge on any atom is -0.481 e. The Kier molecular flexibility index (Phi) is 6.17. The lowest BCUT2D eigenvalue weighted by Gasteiger charge is -2.19. The summed E-state index contributed by atoms with van der Waals surface area (Å²) in [5, 5.41) is 8.93. The molecule has 1 unspecified atom stereocenters. The fourth-order valence-electron chi connectivity index (χ4n) is 1.64. The van der Waals surface area contributed by atoms with Crippen molar-refractivity contribution in [3.8, 4) is 0 Å². The largest absolute Gasteiger partial charge is 0.481 e. The molecule has 0 aliphatic rings. The SMILES string of the molecule is CC(C(=O)O)c1ccc(COCCOC(C)(C)C)cc1. The van der Waals surface area contributed by atoms with E-state index in [1.54, 1.807) is 6.92 Å². The summed E-state index contributed by atoms with van der Waals surface area (Å²) >= 11 is 0. The lowest BCUT2D eigenvalue weighted by atomic mass is 10.0. The Morgan fingerprint density at radius 3 is 2.30 bits per heavy atom. The van der Waals surface area contributed by atoms with Gasteiger partial charge in [0.05, 0.1) is 31.3 Å². The molecule has 20 heavy (non-hydrogen) atoms. The lowest BCUT2D eigenvalue weighted by molar-refractivity contribution is -0.138. The summed E-state index contributed by atoms with van der Waals surface area (Å²) in [6.45, 7) is 9.33. The average molecular weight is 280 g/mol. The zero-order chi connectivity index (χ0) is 15.2. The van der Waals surface area contributed by atoms with Crippen LogP contribution in [0, 0.1) is 0 Å². The molecule has 4 heteroatoms. The van der Waals surface area contributed by atoms with Gasteiger partial charge < -0.3 is 14.6 Å². The molecule has 0 aliphatic heterocycles. The number of carbonyl (C=O) groups is 1. The van der Waals surface area contributed by atoms with E-state index < -0.39 is 11.9 Å². The molecule has 1 aromatic carbocycles. The van der Waals surface area contributed by atoms with Crippen molar-refractivity contribution < 1.29 is 19.4 Å². The molecule has 1 rings (SSSR count). The molecule has 0 saturated heterocycles. The number of hydrogen-bond acceptors (Lipinski definition) is 3. The fourth-order valence-corrected chi connectivity index (χ4v) is 1.64. The molecule has 0 fully saturated rings. The van der Waals surface area contributed by atoms with E-state index in [9.17, 15) is 4.79 Å². The normalized spacial score (nSPS) is 13.2. The fraction of sp³-hybridized carbons (Fsp3) is 0.562. The molecular formula is C16H24O4. The van der Waals surface area contributed by atoms with Gasteiger partial charge in [-0.25, -0.2) is 0 Å². The standard InChI is InChI=1S/C16H24O4/c1-12(15(17)18)14-7-5-13(6-8-14)11-19-9-10-20-16(2,3)4/h5-8,12H,9-11H2,1-4H3,(H,17,18). The molecule has 0 spiro atoms. The van der Waals surface area contributed by atoms with Crippen molar-refractivity contribution in [1.82, 2.24) is 0 Å². The van der Waals surface area contributed by atoms with Crippen LogP contribution in [0.4, 0.5) is 0 Å². The van der Waals surface area contributed by atoms with Crippen molar-refractivity contribution in [2.24, 2.45) is 0 Å². The Hall–Kier alpha value is -1.39. The monoisotopic (exact) mass is 280 g/mol. The number of hydrogen-bond donors (Lipinski definition) is 1. The molecule has 0 radical (unpaired) electrons. The summed E-state index contributed by atoms with van der Waals surface area (Å²) in [5.74, 6) is -1.29. The van der Waals surface area contributed by atoms with Gasteiger partial charge in [0.25, 0.3) is 0 Å². The van der Waals surface area contributed by atoms with Gasteiger partial charge in [-0.1, -0.05) is 24.3 Å². The number of aliphatic carboxylic acids is 1. The van der Waals surface area contributed by atoms with Crippen molar-refractivity contribution in [3.63, 3.8) is 0 Å². The Morgan fingerprint density at radius 2 is 1.80 bits per heavy atom. The molecule has 0 aliphatic carbocycles. The first-order chi connectivity index (χ1) is 9.29. The van der Waals surface area contributed by atoms with Gasteiger partial charge in [-0.05, 0) is 38.8 Å². The highest BCUT2D eigenvalue weighted by atomic mass is 16.5. The van der Waals surface area contributed by atoms with E-state index in [0.29, 0.717) is 19.8 Å². The van der Waals surface area contributed by atoms with E-state index in [2.05, 4.69) is 0 Å². The average Bonchev–Trinajstić information content (AvgIpc) is 2.37. The first kappa shape index (κ1) is 16.7. The summed E-state index contributed by atoms with van der Waals surface area (Å²) in [5.41, 5.74) is 1.69. The predicted octanol–water partition coefficient (Wildman–Crippen LogP) is 3.21. The molecule has 1 N–H and O–H groups in total. The second-order valence-corrected chi connectivity index (χ2v) is 5.81. The third-order valence-electron chi connectivity index (χ3n) is 2.88. The Balaban J connectivity index is 2.34. The molecule has 112 valence electrons. The highest BCUT2D eigenvalue weighted by molar-refractivity contribution is 5.75. The van der Waals surface area contributed by atoms with Crippen molar-refractivity contribution in [2.45, 2.75) is 45.8 Å². The third kappa shape index (κ3) is 6.17. The lowest BCUT2D eigenvalue weighted by Crippen LogP contribution is -2.21. The predicted molar refractivity (Wildman–Crippen MR) is 77.9 cm³/mol. The van der Waals surface area contributed by atoms with Gasteiger partial charge in [-0.15, -0.1) is 0 Å². The van der Waals surface area contributed by atoms with Crippen LogP contribution < -0.4 is 0 Å². The van der Waals surface area contributed by atoms with Crippen molar-refractivity contribution >= 4 is 5.97 Å². The van der Waals surface area contributed by atoms with Gasteiger partial charge >= 0.3 is 5.97 Å². The quantitative estimate of drug-likeness (QED) is 0.779. The molecule has 0 amide bonds. The van der Waals surface area contributed by atoms with E-state index in [0.717, 1.165) is 11.1 Å². The van der Waals surface area contributed by atoms with Crippen LogP contribution in [0.2, 0.25) is 0 Å². The van der Waals surface area contributed by atoms with Crippen molar-refractivity contribution in [2.75, 3.05) is 13.2 Å². The van der Waals surface area contributed by atoms with Crippen LogP contribution in [0.1, 0.15) is 44.7 Å². The summed E-state index contributed by atoms with van der Waals surface area (Å²) in [6.07, 6.45) is 0. The Morgan fingerprint density at radius 1 is 1.20 bits per heavy atom. The summed E-state index contributed by atoms with van der Waals surface area (Å²) in [4.78, 5) is 10.9. The maximum Gasteiger partial charge on any atom is 0.310 e. The van der Waals surface area contributed by atoms with Crippen LogP contribution >= 0.6 is 0 Å². The number of carboxylic acid groups (broad SMARTS) is 1. The van der Waals surface area contributed by atoms with Crippen molar-refractivity contribution in [3.05, 3.63) is 35.4 Å². The van der Waals surface area contributed by atoms with E-state index in [1.165, 1.54) is 0 Å². The Bertz CT molecular complexity index is 417. The topological polar surface area (TPSA) is 55.8 Å². The second-order valence-electron chi connectivity index (χ2n) is 5.81. The highest BCUT2D eigenvalue weighted by Gasteiger charge is 2.13. The highest BCUT2D eigenvalue weighted by Crippen LogP contribution is 2.16. The molecule has 0 bridgehead atoms. The minimum atomic E-state index is -0.812. The van der Waals surface area contributed by atoms with Crippen LogP contribution in [0.15, 0.2) is 24.3 Å².